The van der Waals surface area contributed by atoms with E-state index < -0.39 is 16.7 Å². The Morgan fingerprint density at radius 2 is 1.90 bits per heavy atom. The van der Waals surface area contributed by atoms with Gasteiger partial charge < -0.3 is 20.5 Å². The number of hydrogen-bond donors (Lipinski definition) is 5. The highest BCUT2D eigenvalue weighted by Gasteiger charge is 2.28. The van der Waals surface area contributed by atoms with Crippen molar-refractivity contribution >= 4 is 39.7 Å². The monoisotopic (exact) mass is 711 g/mol. The number of halogens is 2. The lowest BCUT2D eigenvalue weighted by atomic mass is 9.99. The average molecular weight is 713 g/mol. The molecule has 1 amide bonds. The van der Waals surface area contributed by atoms with Crippen LogP contribution in [0.15, 0.2) is 65.7 Å². The highest BCUT2D eigenvalue weighted by atomic mass is 35.5. The first-order chi connectivity index (χ1) is 23.0. The molecule has 0 aliphatic carbocycles. The molecule has 0 spiro atoms. The van der Waals surface area contributed by atoms with Crippen LogP contribution in [0, 0.1) is 0 Å². The van der Waals surface area contributed by atoms with E-state index in [1.807, 2.05) is 47.4 Å². The molecule has 2 aromatic heterocycles. The summed E-state index contributed by atoms with van der Waals surface area (Å²) in [5.41, 5.74) is 5.54. The number of nitrogens with one attached hydrogen (secondary N) is 2. The number of aromatic nitrogens is 2. The fraction of sp³-hybridized carbons (Fsp3) is 0.343. The molecule has 2 aliphatic heterocycles. The minimum absolute atomic E-state index is 0.0879. The minimum atomic E-state index is -3.07. The number of fused-ring (bicyclic) bond motifs is 1. The van der Waals surface area contributed by atoms with Gasteiger partial charge in [0, 0.05) is 79.2 Å². The Bertz CT molecular complexity index is 1820. The predicted octanol–water partition coefficient (Wildman–Crippen LogP) is 6.47. The van der Waals surface area contributed by atoms with E-state index in [4.69, 9.17) is 32.9 Å². The van der Waals surface area contributed by atoms with Crippen molar-refractivity contribution in [3.63, 3.8) is 0 Å². The molecule has 4 heterocycles. The molecule has 2 unspecified atom stereocenters. The average Bonchev–Trinajstić information content (AvgIpc) is 3.43. The highest BCUT2D eigenvalue weighted by molar-refractivity contribution is 8.24. The van der Waals surface area contributed by atoms with Crippen molar-refractivity contribution in [2.45, 2.75) is 49.9 Å². The largest absolute Gasteiger partial charge is 0.481 e. The van der Waals surface area contributed by atoms with Crippen LogP contribution < -0.4 is 15.4 Å². The Labute approximate surface area is 291 Å². The van der Waals surface area contributed by atoms with Gasteiger partial charge in [-0.2, -0.15) is 10.6 Å². The lowest BCUT2D eigenvalue weighted by molar-refractivity contribution is -0.119. The van der Waals surface area contributed by atoms with Gasteiger partial charge in [-0.05, 0) is 37.1 Å². The molecule has 254 valence electrons. The number of benzene rings is 2. The van der Waals surface area contributed by atoms with Gasteiger partial charge in [0.1, 0.15) is 0 Å². The first-order valence-electron chi connectivity index (χ1n) is 15.8. The third-order valence-corrected chi connectivity index (χ3v) is 11.3. The van der Waals surface area contributed by atoms with Crippen LogP contribution in [-0.2, 0) is 17.9 Å². The first kappa shape index (κ1) is 34.6. The molecule has 1 saturated heterocycles. The number of carbonyl (C=O) groups excluding carboxylic acids is 1. The molecule has 10 nitrogen and oxygen atoms in total. The Balaban J connectivity index is 1.28. The second-order valence-electron chi connectivity index (χ2n) is 12.3. The molecule has 5 N–H and O–H groups in total. The maximum Gasteiger partial charge on any atom is 0.220 e. The fourth-order valence-electron chi connectivity index (χ4n) is 6.29. The molecular weight excluding hydrogens is 673 g/mol. The molecular formula is C35H39Cl2N5O5S. The summed E-state index contributed by atoms with van der Waals surface area (Å²) in [4.78, 5) is 23.3. The Morgan fingerprint density at radius 3 is 2.65 bits per heavy atom. The van der Waals surface area contributed by atoms with Crippen molar-refractivity contribution in [3.05, 3.63) is 82.0 Å². The van der Waals surface area contributed by atoms with E-state index in [0.29, 0.717) is 93.6 Å². The maximum atomic E-state index is 11.5. The number of carbonyl (C=O) groups is 1. The van der Waals surface area contributed by atoms with Crippen molar-refractivity contribution in [1.29, 1.82) is 0 Å². The summed E-state index contributed by atoms with van der Waals surface area (Å²) in [5.74, 6) is 0.741. The van der Waals surface area contributed by atoms with Crippen molar-refractivity contribution in [2.24, 2.45) is 0 Å². The Hall–Kier alpha value is -3.26. The van der Waals surface area contributed by atoms with Gasteiger partial charge in [0.2, 0.25) is 11.8 Å². The van der Waals surface area contributed by atoms with E-state index >= 15 is 0 Å². The van der Waals surface area contributed by atoms with E-state index in [0.717, 1.165) is 17.5 Å². The van der Waals surface area contributed by atoms with Gasteiger partial charge in [-0.1, -0.05) is 59.6 Å². The van der Waals surface area contributed by atoms with Crippen LogP contribution in [0.3, 0.4) is 0 Å². The van der Waals surface area contributed by atoms with Crippen LogP contribution in [0.4, 0.5) is 0 Å². The molecule has 0 bridgehead atoms. The maximum absolute atomic E-state index is 11.5. The van der Waals surface area contributed by atoms with Crippen molar-refractivity contribution < 1.29 is 23.7 Å². The zero-order valence-electron chi connectivity index (χ0n) is 26.7. The zero-order valence-corrected chi connectivity index (χ0v) is 29.1. The normalized spacial score (nSPS) is 18.9. The standard InChI is InChI=1S/C35H39Cl2N5O5S/c1-21(43)19-42-14-15-48(45,46)30-16-22(6-7-24(30)20-42)34-33(37)27(12-13-39-34)26-4-3-5-28(32(26)36)29-10-8-23(35(41-29)47-2)17-38-18-25-9-11-31(44)40-25/h3-8,10,12-13,16,21,25,38,43,45-46H,9,11,14-15,17-20H2,1-2H3,(H,40,44). The molecule has 6 rings (SSSR count). The number of aliphatic hydroxyl groups excluding tert-OH is 1. The van der Waals surface area contributed by atoms with E-state index in [1.54, 1.807) is 32.4 Å². The minimum Gasteiger partial charge on any atom is -0.481 e. The van der Waals surface area contributed by atoms with Crippen LogP contribution in [0.5, 0.6) is 5.88 Å². The van der Waals surface area contributed by atoms with Crippen LogP contribution in [-0.4, -0.2) is 79.6 Å². The number of β-amino-alcohol motifs (C(OH)–C–C–N with tert-alkyl or cyclic N) is 1. The van der Waals surface area contributed by atoms with Gasteiger partial charge >= 0.3 is 0 Å². The number of amides is 1. The zero-order chi connectivity index (χ0) is 34.0. The highest BCUT2D eigenvalue weighted by Crippen LogP contribution is 2.52. The third kappa shape index (κ3) is 7.49. The van der Waals surface area contributed by atoms with Gasteiger partial charge in [-0.15, -0.1) is 0 Å². The van der Waals surface area contributed by atoms with E-state index in [1.165, 1.54) is 0 Å². The lowest BCUT2D eigenvalue weighted by Crippen LogP contribution is -2.35. The van der Waals surface area contributed by atoms with E-state index in [9.17, 15) is 19.0 Å². The van der Waals surface area contributed by atoms with E-state index in [-0.39, 0.29) is 17.7 Å². The van der Waals surface area contributed by atoms with Gasteiger partial charge in [0.15, 0.2) is 0 Å². The van der Waals surface area contributed by atoms with Crippen molar-refractivity contribution in [1.82, 2.24) is 25.5 Å². The number of ether oxygens (including phenoxy) is 1. The molecule has 4 aromatic rings. The van der Waals surface area contributed by atoms with Crippen molar-refractivity contribution in [2.75, 3.05) is 32.5 Å². The second kappa shape index (κ2) is 14.7. The number of pyridine rings is 2. The fourth-order valence-corrected chi connectivity index (χ4v) is 8.53. The topological polar surface area (TPSA) is 140 Å². The summed E-state index contributed by atoms with van der Waals surface area (Å²) in [6, 6.07) is 17.0. The van der Waals surface area contributed by atoms with Crippen LogP contribution in [0.2, 0.25) is 10.0 Å². The summed E-state index contributed by atoms with van der Waals surface area (Å²) in [6.45, 7) is 4.32. The number of nitrogens with zero attached hydrogens (tertiary/aromatic N) is 3. The number of methoxy groups -OCH3 is 1. The molecule has 2 aliphatic rings. The summed E-state index contributed by atoms with van der Waals surface area (Å²) >= 11 is 14.1. The van der Waals surface area contributed by atoms with Crippen LogP contribution >= 0.6 is 33.8 Å². The van der Waals surface area contributed by atoms with Gasteiger partial charge in [0.05, 0.1) is 45.3 Å². The number of rotatable bonds is 10. The van der Waals surface area contributed by atoms with Gasteiger partial charge in [-0.25, -0.2) is 4.98 Å². The quantitative estimate of drug-likeness (QED) is 0.125. The summed E-state index contributed by atoms with van der Waals surface area (Å²) in [6.07, 6.45) is 2.52. The van der Waals surface area contributed by atoms with Crippen LogP contribution in [0.1, 0.15) is 30.9 Å². The first-order valence-corrected chi connectivity index (χ1v) is 18.3. The predicted molar refractivity (Wildman–Crippen MR) is 191 cm³/mol. The SMILES string of the molecule is COc1nc(-c2cccc(-c3ccnc(-c4ccc5c(c4)S(O)(O)CCN(CC(C)O)C5)c3Cl)c2Cl)ccc1CNCC1CCC(=O)N1. The molecule has 2 atom stereocenters. The molecule has 0 saturated carbocycles. The van der Waals surface area contributed by atoms with Gasteiger partial charge in [0.25, 0.3) is 0 Å². The smallest absolute Gasteiger partial charge is 0.220 e. The Morgan fingerprint density at radius 1 is 1.10 bits per heavy atom. The summed E-state index contributed by atoms with van der Waals surface area (Å²) < 4.78 is 27.8. The van der Waals surface area contributed by atoms with Crippen molar-refractivity contribution in [3.8, 4) is 39.5 Å². The summed E-state index contributed by atoms with van der Waals surface area (Å²) in [5, 5.41) is 17.1. The van der Waals surface area contributed by atoms with Gasteiger partial charge in [-0.3, -0.25) is 23.8 Å². The molecule has 1 fully saturated rings. The lowest BCUT2D eigenvalue weighted by Gasteiger charge is -2.32. The number of aliphatic hydroxyl groups is 1. The summed E-state index contributed by atoms with van der Waals surface area (Å²) in [7, 11) is -1.49. The van der Waals surface area contributed by atoms with E-state index in [2.05, 4.69) is 15.6 Å². The third-order valence-electron chi connectivity index (χ3n) is 8.68. The van der Waals surface area contributed by atoms with Crippen LogP contribution in [0.25, 0.3) is 33.6 Å². The molecule has 2 aromatic carbocycles. The Kier molecular flexibility index (Phi) is 10.6. The molecule has 48 heavy (non-hydrogen) atoms. The number of hydrogen-bond acceptors (Lipinski definition) is 9. The molecule has 13 heteroatoms. The second-order valence-corrected chi connectivity index (χ2v) is 15.2. The molecule has 0 radical (unpaired) electrons.